The molecule has 0 aliphatic heterocycles. The Morgan fingerprint density at radius 2 is 1.81 bits per heavy atom. The van der Waals surface area contributed by atoms with Gasteiger partial charge in [0.2, 0.25) is 5.96 Å². The van der Waals surface area contributed by atoms with Crippen LogP contribution in [0.15, 0.2) is 9.98 Å². The molecule has 0 fully saturated rings. The molecule has 0 radical (unpaired) electrons. The molecule has 0 saturated heterocycles. The number of guanidine groups is 2. The van der Waals surface area contributed by atoms with E-state index in [2.05, 4.69) is 16.9 Å². The molecular weight excluding hydrogens is 226 g/mol. The SMILES string of the molecule is CCCCCCN(C)C(N)=NC(N)=NC.Cl. The van der Waals surface area contributed by atoms with E-state index >= 15 is 0 Å². The maximum atomic E-state index is 5.72. The summed E-state index contributed by atoms with van der Waals surface area (Å²) in [7, 11) is 3.50. The van der Waals surface area contributed by atoms with Crippen LogP contribution >= 0.6 is 12.4 Å². The minimum Gasteiger partial charge on any atom is -0.369 e. The van der Waals surface area contributed by atoms with E-state index in [1.807, 2.05) is 11.9 Å². The standard InChI is InChI=1S/C10H23N5.ClH/c1-4-5-6-7-8-15(3)10(12)14-9(11)13-2;/h4-8H2,1-3H3,(H4,11,12,13,14);1H. The Kier molecular flexibility index (Phi) is 11.5. The number of nitrogens with zero attached hydrogens (tertiary/aromatic N) is 3. The highest BCUT2D eigenvalue weighted by atomic mass is 35.5. The second-order valence-electron chi connectivity index (χ2n) is 3.53. The monoisotopic (exact) mass is 249 g/mol. The quantitative estimate of drug-likeness (QED) is 0.436. The van der Waals surface area contributed by atoms with Crippen molar-refractivity contribution in [3.05, 3.63) is 0 Å². The fourth-order valence-corrected chi connectivity index (χ4v) is 1.14. The van der Waals surface area contributed by atoms with Crippen LogP contribution in [0.4, 0.5) is 0 Å². The lowest BCUT2D eigenvalue weighted by Gasteiger charge is -2.17. The van der Waals surface area contributed by atoms with E-state index in [0.717, 1.165) is 13.0 Å². The first-order chi connectivity index (χ1) is 7.11. The summed E-state index contributed by atoms with van der Waals surface area (Å²) in [5.41, 5.74) is 11.2. The lowest BCUT2D eigenvalue weighted by atomic mass is 10.2. The summed E-state index contributed by atoms with van der Waals surface area (Å²) in [6, 6.07) is 0. The van der Waals surface area contributed by atoms with Crippen molar-refractivity contribution in [2.75, 3.05) is 20.6 Å². The second kappa shape index (κ2) is 10.5. The van der Waals surface area contributed by atoms with Gasteiger partial charge in [-0.05, 0) is 6.42 Å². The summed E-state index contributed by atoms with van der Waals surface area (Å²) >= 11 is 0. The van der Waals surface area contributed by atoms with E-state index in [9.17, 15) is 0 Å². The molecule has 0 amide bonds. The second-order valence-corrected chi connectivity index (χ2v) is 3.53. The third-order valence-electron chi connectivity index (χ3n) is 2.20. The van der Waals surface area contributed by atoms with Crippen LogP contribution in [0.5, 0.6) is 0 Å². The molecule has 0 aromatic heterocycles. The van der Waals surface area contributed by atoms with Gasteiger partial charge in [-0.1, -0.05) is 26.2 Å². The van der Waals surface area contributed by atoms with Crippen molar-refractivity contribution < 1.29 is 0 Å². The van der Waals surface area contributed by atoms with Crippen molar-refractivity contribution in [1.82, 2.24) is 4.90 Å². The topological polar surface area (TPSA) is 80.0 Å². The highest BCUT2D eigenvalue weighted by Crippen LogP contribution is 1.99. The highest BCUT2D eigenvalue weighted by molar-refractivity contribution is 5.93. The van der Waals surface area contributed by atoms with Gasteiger partial charge in [-0.3, -0.25) is 4.99 Å². The van der Waals surface area contributed by atoms with E-state index < -0.39 is 0 Å². The van der Waals surface area contributed by atoms with Gasteiger partial charge in [0.05, 0.1) is 0 Å². The molecule has 4 N–H and O–H groups in total. The average Bonchev–Trinajstić information content (AvgIpc) is 2.23. The predicted molar refractivity (Wildman–Crippen MR) is 73.2 cm³/mol. The highest BCUT2D eigenvalue weighted by Gasteiger charge is 2.01. The van der Waals surface area contributed by atoms with Crippen LogP contribution in [0.2, 0.25) is 0 Å². The first kappa shape index (κ1) is 17.4. The Hall–Kier alpha value is -0.970. The maximum Gasteiger partial charge on any atom is 0.218 e. The van der Waals surface area contributed by atoms with Gasteiger partial charge in [-0.15, -0.1) is 12.4 Å². The summed E-state index contributed by atoms with van der Waals surface area (Å²) in [4.78, 5) is 9.56. The first-order valence-electron chi connectivity index (χ1n) is 5.39. The minimum atomic E-state index is 0. The fourth-order valence-electron chi connectivity index (χ4n) is 1.14. The zero-order chi connectivity index (χ0) is 11.7. The fraction of sp³-hybridized carbons (Fsp3) is 0.800. The zero-order valence-electron chi connectivity index (χ0n) is 10.4. The zero-order valence-corrected chi connectivity index (χ0v) is 11.3. The number of hydrogen-bond donors (Lipinski definition) is 2. The van der Waals surface area contributed by atoms with Crippen molar-refractivity contribution >= 4 is 24.3 Å². The van der Waals surface area contributed by atoms with Gasteiger partial charge in [0.15, 0.2) is 5.96 Å². The van der Waals surface area contributed by atoms with Crippen molar-refractivity contribution in [3.63, 3.8) is 0 Å². The van der Waals surface area contributed by atoms with Gasteiger partial charge in [0.25, 0.3) is 0 Å². The lowest BCUT2D eigenvalue weighted by Crippen LogP contribution is -2.36. The summed E-state index contributed by atoms with van der Waals surface area (Å²) in [6.45, 7) is 3.10. The molecule has 0 heterocycles. The predicted octanol–water partition coefficient (Wildman–Crippen LogP) is 1.18. The van der Waals surface area contributed by atoms with Gasteiger partial charge in [-0.25, -0.2) is 0 Å². The van der Waals surface area contributed by atoms with E-state index in [1.54, 1.807) is 7.05 Å². The molecule has 0 aliphatic rings. The van der Waals surface area contributed by atoms with Gasteiger partial charge >= 0.3 is 0 Å². The number of nitrogens with two attached hydrogens (primary N) is 2. The molecule has 16 heavy (non-hydrogen) atoms. The summed E-state index contributed by atoms with van der Waals surface area (Å²) < 4.78 is 0. The molecule has 0 aliphatic carbocycles. The Morgan fingerprint density at radius 1 is 1.19 bits per heavy atom. The third kappa shape index (κ3) is 8.35. The van der Waals surface area contributed by atoms with Crippen molar-refractivity contribution in [3.8, 4) is 0 Å². The largest absolute Gasteiger partial charge is 0.369 e. The smallest absolute Gasteiger partial charge is 0.218 e. The van der Waals surface area contributed by atoms with Crippen LogP contribution < -0.4 is 11.5 Å². The van der Waals surface area contributed by atoms with Gasteiger partial charge in [-0.2, -0.15) is 4.99 Å². The third-order valence-corrected chi connectivity index (χ3v) is 2.20. The van der Waals surface area contributed by atoms with Gasteiger partial charge < -0.3 is 16.4 Å². The number of halogens is 1. The molecule has 96 valence electrons. The Labute approximate surface area is 104 Å². The average molecular weight is 250 g/mol. The van der Waals surface area contributed by atoms with Crippen LogP contribution in [0.25, 0.3) is 0 Å². The van der Waals surface area contributed by atoms with Gasteiger partial charge in [0, 0.05) is 20.6 Å². The molecular formula is C10H24ClN5. The lowest BCUT2D eigenvalue weighted by molar-refractivity contribution is 0.467. The molecule has 0 spiro atoms. The maximum absolute atomic E-state index is 5.72. The van der Waals surface area contributed by atoms with Crippen LogP contribution in [0.3, 0.4) is 0 Å². The molecule has 0 unspecified atom stereocenters. The number of hydrogen-bond acceptors (Lipinski definition) is 1. The normalized spacial score (nSPS) is 12.2. The number of aliphatic imine (C=N–C) groups is 2. The summed E-state index contributed by atoms with van der Waals surface area (Å²) in [5.74, 6) is 0.641. The molecule has 6 heteroatoms. The number of rotatable bonds is 5. The van der Waals surface area contributed by atoms with Gasteiger partial charge in [0.1, 0.15) is 0 Å². The molecule has 0 rings (SSSR count). The van der Waals surface area contributed by atoms with E-state index in [0.29, 0.717) is 5.96 Å². The Bertz CT molecular complexity index is 227. The van der Waals surface area contributed by atoms with Crippen molar-refractivity contribution in [1.29, 1.82) is 0 Å². The van der Waals surface area contributed by atoms with Crippen LogP contribution in [0.1, 0.15) is 32.6 Å². The van der Waals surface area contributed by atoms with Crippen molar-refractivity contribution in [2.24, 2.45) is 21.5 Å². The van der Waals surface area contributed by atoms with Crippen molar-refractivity contribution in [2.45, 2.75) is 32.6 Å². The Morgan fingerprint density at radius 3 is 2.31 bits per heavy atom. The first-order valence-corrected chi connectivity index (χ1v) is 5.39. The molecule has 0 saturated carbocycles. The molecule has 0 aromatic rings. The summed E-state index contributed by atoms with van der Waals surface area (Å²) in [5, 5.41) is 0. The van der Waals surface area contributed by atoms with E-state index in [-0.39, 0.29) is 18.4 Å². The summed E-state index contributed by atoms with van der Waals surface area (Å²) in [6.07, 6.45) is 4.86. The molecule has 0 aromatic carbocycles. The van der Waals surface area contributed by atoms with Crippen LogP contribution in [-0.4, -0.2) is 37.5 Å². The molecule has 5 nitrogen and oxygen atoms in total. The van der Waals surface area contributed by atoms with E-state index in [1.165, 1.54) is 19.3 Å². The molecule has 0 bridgehead atoms. The minimum absolute atomic E-state index is 0. The Balaban J connectivity index is 0. The van der Waals surface area contributed by atoms with Crippen LogP contribution in [0, 0.1) is 0 Å². The number of unbranched alkanes of at least 4 members (excludes halogenated alkanes) is 3. The van der Waals surface area contributed by atoms with E-state index in [4.69, 9.17) is 11.5 Å². The van der Waals surface area contributed by atoms with Crippen LogP contribution in [-0.2, 0) is 0 Å². The molecule has 0 atom stereocenters.